The van der Waals surface area contributed by atoms with Gasteiger partial charge in [-0.2, -0.15) is 10.2 Å². The Hall–Kier alpha value is -3.60. The molecule has 3 aromatic rings. The second-order valence-corrected chi connectivity index (χ2v) is 6.28. The van der Waals surface area contributed by atoms with Crippen LogP contribution < -0.4 is 15.2 Å². The smallest absolute Gasteiger partial charge is 0.305 e. The van der Waals surface area contributed by atoms with Gasteiger partial charge in [-0.25, -0.2) is 4.98 Å². The average Bonchev–Trinajstić information content (AvgIpc) is 3.11. The molecular formula is C19H19N5O3. The third-order valence-corrected chi connectivity index (χ3v) is 3.75. The van der Waals surface area contributed by atoms with Crippen molar-refractivity contribution in [2.75, 3.05) is 18.7 Å². The molecule has 1 amide bonds. The predicted octanol–water partition coefficient (Wildman–Crippen LogP) is 2.91. The van der Waals surface area contributed by atoms with Crippen LogP contribution >= 0.6 is 0 Å². The molecule has 0 fully saturated rings. The molecule has 2 heterocycles. The van der Waals surface area contributed by atoms with Gasteiger partial charge in [-0.15, -0.1) is 0 Å². The molecule has 1 N–H and O–H groups in total. The predicted molar refractivity (Wildman–Crippen MR) is 99.2 cm³/mol. The van der Waals surface area contributed by atoms with Crippen LogP contribution in [0.2, 0.25) is 0 Å². The number of benzene rings is 1. The zero-order valence-corrected chi connectivity index (χ0v) is 15.3. The highest BCUT2D eigenvalue weighted by molar-refractivity contribution is 5.97. The summed E-state index contributed by atoms with van der Waals surface area (Å²) in [6.07, 6.45) is 1.48. The number of carbonyl (C=O) groups is 1. The molecule has 0 radical (unpaired) electrons. The Morgan fingerprint density at radius 3 is 2.93 bits per heavy atom. The van der Waals surface area contributed by atoms with Gasteiger partial charge in [-0.1, -0.05) is 26.0 Å². The molecule has 138 valence electrons. The van der Waals surface area contributed by atoms with Gasteiger partial charge in [0.15, 0.2) is 22.9 Å². The van der Waals surface area contributed by atoms with Gasteiger partial charge in [0.2, 0.25) is 5.82 Å². The molecule has 0 saturated carbocycles. The van der Waals surface area contributed by atoms with Crippen LogP contribution in [-0.4, -0.2) is 29.5 Å². The fourth-order valence-corrected chi connectivity index (χ4v) is 2.60. The first-order valence-corrected chi connectivity index (χ1v) is 8.40. The van der Waals surface area contributed by atoms with Crippen LogP contribution in [0.4, 0.5) is 5.82 Å². The minimum atomic E-state index is -0.425. The molecule has 0 bridgehead atoms. The highest BCUT2D eigenvalue weighted by Gasteiger charge is 2.19. The van der Waals surface area contributed by atoms with Gasteiger partial charge >= 0.3 is 5.91 Å². The van der Waals surface area contributed by atoms with E-state index in [1.165, 1.54) is 6.20 Å². The van der Waals surface area contributed by atoms with Crippen LogP contribution in [-0.2, 0) is 0 Å². The number of anilines is 1. The Kier molecular flexibility index (Phi) is 5.22. The topological polar surface area (TPSA) is 104 Å². The van der Waals surface area contributed by atoms with E-state index >= 15 is 0 Å². The maximum absolute atomic E-state index is 12.7. The Morgan fingerprint density at radius 2 is 2.22 bits per heavy atom. The van der Waals surface area contributed by atoms with Crippen molar-refractivity contribution in [1.29, 1.82) is 5.26 Å². The number of hydrogen-bond donors (Lipinski definition) is 1. The van der Waals surface area contributed by atoms with Gasteiger partial charge in [-0.05, 0) is 18.1 Å². The zero-order valence-electron chi connectivity index (χ0n) is 15.3. The molecule has 0 unspecified atom stereocenters. The summed E-state index contributed by atoms with van der Waals surface area (Å²) in [5, 5.41) is 11.4. The second-order valence-electron chi connectivity index (χ2n) is 6.28. The van der Waals surface area contributed by atoms with Crippen molar-refractivity contribution < 1.29 is 13.9 Å². The number of hydrogen-bond acceptors (Lipinski definition) is 7. The van der Waals surface area contributed by atoms with Crippen molar-refractivity contribution in [2.24, 2.45) is 5.92 Å². The van der Waals surface area contributed by atoms with E-state index in [2.05, 4.69) is 15.4 Å². The van der Waals surface area contributed by atoms with E-state index in [9.17, 15) is 4.79 Å². The molecule has 0 aliphatic carbocycles. The number of para-hydroxylation sites is 1. The highest BCUT2D eigenvalue weighted by atomic mass is 16.5. The summed E-state index contributed by atoms with van der Waals surface area (Å²) < 4.78 is 11.0. The highest BCUT2D eigenvalue weighted by Crippen LogP contribution is 2.28. The quantitative estimate of drug-likeness (QED) is 0.670. The van der Waals surface area contributed by atoms with Crippen molar-refractivity contribution in [1.82, 2.24) is 15.4 Å². The molecule has 1 aromatic carbocycles. The lowest BCUT2D eigenvalue weighted by Gasteiger charge is -2.25. The molecule has 0 saturated heterocycles. The van der Waals surface area contributed by atoms with Gasteiger partial charge in [0.1, 0.15) is 6.07 Å². The first-order valence-electron chi connectivity index (χ1n) is 8.40. The first kappa shape index (κ1) is 18.2. The van der Waals surface area contributed by atoms with Crippen LogP contribution in [0, 0.1) is 17.2 Å². The standard InChI is InChI=1S/C19H19N5O3/c1-12(2)11-24(17-7-8-21-16(10-20)22-17)23-19(25)15-9-13-5-4-6-14(26-3)18(13)27-15/h4-9,12H,11H2,1-3H3,(H,23,25). The first-order chi connectivity index (χ1) is 13.0. The monoisotopic (exact) mass is 365 g/mol. The van der Waals surface area contributed by atoms with E-state index in [1.54, 1.807) is 30.3 Å². The lowest BCUT2D eigenvalue weighted by molar-refractivity contribution is 0.0921. The SMILES string of the molecule is COc1cccc2cc(C(=O)NN(CC(C)C)c3ccnc(C#N)n3)oc12. The largest absolute Gasteiger partial charge is 0.493 e. The van der Waals surface area contributed by atoms with Gasteiger partial charge in [0.25, 0.3) is 0 Å². The molecule has 8 nitrogen and oxygen atoms in total. The minimum absolute atomic E-state index is 0.0315. The number of carbonyl (C=O) groups excluding carboxylic acids is 1. The van der Waals surface area contributed by atoms with Gasteiger partial charge < -0.3 is 9.15 Å². The van der Waals surface area contributed by atoms with Crippen LogP contribution in [0.25, 0.3) is 11.0 Å². The Morgan fingerprint density at radius 1 is 1.41 bits per heavy atom. The summed E-state index contributed by atoms with van der Waals surface area (Å²) in [6, 6.07) is 10.6. The maximum Gasteiger partial charge on any atom is 0.305 e. The van der Waals surface area contributed by atoms with Crippen molar-refractivity contribution in [3.05, 3.63) is 48.1 Å². The van der Waals surface area contributed by atoms with Crippen molar-refractivity contribution in [2.45, 2.75) is 13.8 Å². The van der Waals surface area contributed by atoms with Gasteiger partial charge in [-0.3, -0.25) is 15.2 Å². The summed E-state index contributed by atoms with van der Waals surface area (Å²) in [4.78, 5) is 20.7. The number of furan rings is 1. The molecule has 0 aliphatic heterocycles. The van der Waals surface area contributed by atoms with E-state index in [0.29, 0.717) is 23.7 Å². The summed E-state index contributed by atoms with van der Waals surface area (Å²) in [5.74, 6) is 0.978. The number of amides is 1. The molecule has 27 heavy (non-hydrogen) atoms. The summed E-state index contributed by atoms with van der Waals surface area (Å²) in [6.45, 7) is 4.52. The molecule has 0 aliphatic rings. The molecule has 2 aromatic heterocycles. The third-order valence-electron chi connectivity index (χ3n) is 3.75. The summed E-state index contributed by atoms with van der Waals surface area (Å²) >= 11 is 0. The van der Waals surface area contributed by atoms with Crippen LogP contribution in [0.15, 0.2) is 40.9 Å². The summed E-state index contributed by atoms with van der Waals surface area (Å²) in [5.41, 5.74) is 3.30. The maximum atomic E-state index is 12.7. The van der Waals surface area contributed by atoms with Gasteiger partial charge in [0, 0.05) is 24.2 Å². The van der Waals surface area contributed by atoms with E-state index < -0.39 is 5.91 Å². The van der Waals surface area contributed by atoms with Crippen LogP contribution in [0.1, 0.15) is 30.2 Å². The number of ether oxygens (including phenoxy) is 1. The fourth-order valence-electron chi connectivity index (χ4n) is 2.60. The molecule has 8 heteroatoms. The lowest BCUT2D eigenvalue weighted by atomic mass is 10.2. The van der Waals surface area contributed by atoms with E-state index in [0.717, 1.165) is 5.39 Å². The van der Waals surface area contributed by atoms with Crippen LogP contribution in [0.5, 0.6) is 5.75 Å². The Labute approximate surface area is 156 Å². The minimum Gasteiger partial charge on any atom is -0.493 e. The molecule has 0 atom stereocenters. The van der Waals surface area contributed by atoms with Crippen molar-refractivity contribution in [3.63, 3.8) is 0 Å². The number of nitrogens with one attached hydrogen (secondary N) is 1. The van der Waals surface area contributed by atoms with Crippen LogP contribution in [0.3, 0.4) is 0 Å². The molecular weight excluding hydrogens is 346 g/mol. The fraction of sp³-hybridized carbons (Fsp3) is 0.263. The molecule has 3 rings (SSSR count). The Balaban J connectivity index is 1.89. The summed E-state index contributed by atoms with van der Waals surface area (Å²) in [7, 11) is 1.54. The number of aromatic nitrogens is 2. The zero-order chi connectivity index (χ0) is 19.4. The number of rotatable bonds is 6. The number of methoxy groups -OCH3 is 1. The third kappa shape index (κ3) is 3.98. The van der Waals surface area contributed by atoms with Crippen molar-refractivity contribution >= 4 is 22.7 Å². The normalized spacial score (nSPS) is 10.6. The van der Waals surface area contributed by atoms with Crippen molar-refractivity contribution in [3.8, 4) is 11.8 Å². The number of nitriles is 1. The number of hydrazine groups is 1. The Bertz CT molecular complexity index is 1010. The molecule has 0 spiro atoms. The number of fused-ring (bicyclic) bond motifs is 1. The lowest BCUT2D eigenvalue weighted by Crippen LogP contribution is -2.45. The van der Waals surface area contributed by atoms with E-state index in [1.807, 2.05) is 32.0 Å². The van der Waals surface area contributed by atoms with E-state index in [4.69, 9.17) is 14.4 Å². The van der Waals surface area contributed by atoms with E-state index in [-0.39, 0.29) is 17.5 Å². The number of nitrogens with zero attached hydrogens (tertiary/aromatic N) is 4. The van der Waals surface area contributed by atoms with Gasteiger partial charge in [0.05, 0.1) is 7.11 Å². The average molecular weight is 365 g/mol. The second kappa shape index (κ2) is 7.74.